The molecule has 2 heterocycles. The maximum Gasteiger partial charge on any atom is 0.323 e. The number of aromatic nitrogens is 2. The molecule has 2 aromatic rings. The molecule has 6 heteroatoms. The first-order chi connectivity index (χ1) is 11.3. The topological polar surface area (TPSA) is 70.4 Å². The highest BCUT2D eigenvalue weighted by molar-refractivity contribution is 5.88. The van der Waals surface area contributed by atoms with E-state index in [0.29, 0.717) is 18.9 Å². The van der Waals surface area contributed by atoms with Crippen LogP contribution >= 0.6 is 0 Å². The number of nitrogens with one attached hydrogen (secondary N) is 1. The van der Waals surface area contributed by atoms with E-state index in [1.165, 1.54) is 5.56 Å². The van der Waals surface area contributed by atoms with Crippen LogP contribution in [-0.4, -0.2) is 45.0 Å². The van der Waals surface area contributed by atoms with Crippen molar-refractivity contribution in [3.8, 4) is 0 Å². The summed E-state index contributed by atoms with van der Waals surface area (Å²) in [5.41, 5.74) is 1.24. The minimum atomic E-state index is -0.164. The number of carbonyl (C=O) groups excluding carboxylic acids is 1. The lowest BCUT2D eigenvalue weighted by Crippen LogP contribution is -2.40. The van der Waals surface area contributed by atoms with Crippen LogP contribution in [0.2, 0.25) is 0 Å². The number of aliphatic hydroxyl groups is 1. The predicted octanol–water partition coefficient (Wildman–Crippen LogP) is 2.11. The first kappa shape index (κ1) is 15.6. The Hall–Kier alpha value is -2.34. The summed E-state index contributed by atoms with van der Waals surface area (Å²) in [7, 11) is 0. The summed E-state index contributed by atoms with van der Waals surface area (Å²) < 4.78 is 1.80. The van der Waals surface area contributed by atoms with Crippen molar-refractivity contribution in [3.63, 3.8) is 0 Å². The van der Waals surface area contributed by atoms with Crippen molar-refractivity contribution in [2.45, 2.75) is 31.8 Å². The summed E-state index contributed by atoms with van der Waals surface area (Å²) in [5, 5.41) is 16.5. The largest absolute Gasteiger partial charge is 0.394 e. The predicted molar refractivity (Wildman–Crippen MR) is 88.2 cm³/mol. The van der Waals surface area contributed by atoms with E-state index in [0.717, 1.165) is 19.3 Å². The van der Waals surface area contributed by atoms with Crippen LogP contribution in [0, 0.1) is 0 Å². The van der Waals surface area contributed by atoms with Gasteiger partial charge in [-0.2, -0.15) is 5.10 Å². The van der Waals surface area contributed by atoms with Gasteiger partial charge in [0.1, 0.15) is 5.82 Å². The Bertz CT molecular complexity index is 641. The fourth-order valence-corrected chi connectivity index (χ4v) is 2.97. The highest BCUT2D eigenvalue weighted by Crippen LogP contribution is 2.18. The number of benzene rings is 1. The summed E-state index contributed by atoms with van der Waals surface area (Å²) in [5.74, 6) is 0.689. The zero-order valence-corrected chi connectivity index (χ0v) is 13.1. The SMILES string of the molecule is O=C(Nc1ccnn1CCc1ccccc1)N1CCCC1CO. The lowest BCUT2D eigenvalue weighted by atomic mass is 10.1. The third kappa shape index (κ3) is 3.71. The molecule has 0 aliphatic carbocycles. The summed E-state index contributed by atoms with van der Waals surface area (Å²) in [4.78, 5) is 14.1. The zero-order valence-electron chi connectivity index (χ0n) is 13.1. The lowest BCUT2D eigenvalue weighted by molar-refractivity contribution is 0.166. The molecule has 1 aromatic carbocycles. The third-order valence-electron chi connectivity index (χ3n) is 4.26. The number of anilines is 1. The van der Waals surface area contributed by atoms with Crippen LogP contribution < -0.4 is 5.32 Å². The molecule has 0 saturated carbocycles. The second kappa shape index (κ2) is 7.28. The summed E-state index contributed by atoms with van der Waals surface area (Å²) in [6, 6.07) is 11.8. The highest BCUT2D eigenvalue weighted by Gasteiger charge is 2.28. The number of aliphatic hydroxyl groups excluding tert-OH is 1. The first-order valence-corrected chi connectivity index (χ1v) is 8.02. The van der Waals surface area contributed by atoms with Crippen LogP contribution in [-0.2, 0) is 13.0 Å². The van der Waals surface area contributed by atoms with E-state index in [1.807, 2.05) is 18.2 Å². The number of nitrogens with zero attached hydrogens (tertiary/aromatic N) is 3. The van der Waals surface area contributed by atoms with Gasteiger partial charge in [-0.05, 0) is 24.8 Å². The normalized spacial score (nSPS) is 17.4. The van der Waals surface area contributed by atoms with Gasteiger partial charge in [-0.3, -0.25) is 5.32 Å². The molecule has 1 aliphatic heterocycles. The Balaban J connectivity index is 1.61. The van der Waals surface area contributed by atoms with Gasteiger partial charge in [-0.25, -0.2) is 9.48 Å². The van der Waals surface area contributed by atoms with Crippen molar-refractivity contribution in [1.82, 2.24) is 14.7 Å². The fraction of sp³-hybridized carbons (Fsp3) is 0.412. The van der Waals surface area contributed by atoms with Crippen molar-refractivity contribution in [2.75, 3.05) is 18.5 Å². The Kier molecular flexibility index (Phi) is 4.92. The summed E-state index contributed by atoms with van der Waals surface area (Å²) in [6.45, 7) is 1.41. The van der Waals surface area contributed by atoms with Crippen LogP contribution in [0.3, 0.4) is 0 Å². The van der Waals surface area contributed by atoms with Crippen molar-refractivity contribution in [1.29, 1.82) is 0 Å². The van der Waals surface area contributed by atoms with Gasteiger partial charge in [0, 0.05) is 19.2 Å². The lowest BCUT2D eigenvalue weighted by Gasteiger charge is -2.23. The molecule has 3 rings (SSSR count). The molecular weight excluding hydrogens is 292 g/mol. The molecule has 0 spiro atoms. The molecule has 2 N–H and O–H groups in total. The monoisotopic (exact) mass is 314 g/mol. The Labute approximate surface area is 135 Å². The van der Waals surface area contributed by atoms with E-state index in [9.17, 15) is 9.90 Å². The molecule has 2 amide bonds. The smallest absolute Gasteiger partial charge is 0.323 e. The van der Waals surface area contributed by atoms with Gasteiger partial charge in [0.15, 0.2) is 0 Å². The number of likely N-dealkylation sites (tertiary alicyclic amines) is 1. The molecular formula is C17H22N4O2. The number of aryl methyl sites for hydroxylation is 2. The van der Waals surface area contributed by atoms with Gasteiger partial charge in [0.05, 0.1) is 18.8 Å². The number of urea groups is 1. The zero-order chi connectivity index (χ0) is 16.1. The number of amides is 2. The average molecular weight is 314 g/mol. The van der Waals surface area contributed by atoms with Crippen molar-refractivity contribution >= 4 is 11.8 Å². The Morgan fingerprint density at radius 1 is 1.30 bits per heavy atom. The Morgan fingerprint density at radius 2 is 2.13 bits per heavy atom. The van der Waals surface area contributed by atoms with E-state index < -0.39 is 0 Å². The highest BCUT2D eigenvalue weighted by atomic mass is 16.3. The second-order valence-electron chi connectivity index (χ2n) is 5.78. The maximum atomic E-state index is 12.4. The quantitative estimate of drug-likeness (QED) is 0.888. The molecule has 0 radical (unpaired) electrons. The van der Waals surface area contributed by atoms with Gasteiger partial charge in [-0.15, -0.1) is 0 Å². The van der Waals surface area contributed by atoms with Crippen LogP contribution in [0.1, 0.15) is 18.4 Å². The molecule has 1 aromatic heterocycles. The van der Waals surface area contributed by atoms with E-state index in [-0.39, 0.29) is 18.7 Å². The van der Waals surface area contributed by atoms with Gasteiger partial charge >= 0.3 is 6.03 Å². The maximum absolute atomic E-state index is 12.4. The van der Waals surface area contributed by atoms with Crippen LogP contribution in [0.15, 0.2) is 42.6 Å². The summed E-state index contributed by atoms with van der Waals surface area (Å²) >= 11 is 0. The van der Waals surface area contributed by atoms with Gasteiger partial charge in [-0.1, -0.05) is 30.3 Å². The molecule has 1 fully saturated rings. The molecule has 1 unspecified atom stereocenters. The number of hydrogen-bond donors (Lipinski definition) is 2. The number of rotatable bonds is 5. The molecule has 6 nitrogen and oxygen atoms in total. The van der Waals surface area contributed by atoms with E-state index in [1.54, 1.807) is 21.8 Å². The van der Waals surface area contributed by atoms with Crippen LogP contribution in [0.4, 0.5) is 10.6 Å². The minimum absolute atomic E-state index is 0.0146. The van der Waals surface area contributed by atoms with E-state index in [4.69, 9.17) is 0 Å². The van der Waals surface area contributed by atoms with Gasteiger partial charge in [0.25, 0.3) is 0 Å². The molecule has 122 valence electrons. The molecule has 1 saturated heterocycles. The van der Waals surface area contributed by atoms with Crippen molar-refractivity contribution in [2.24, 2.45) is 0 Å². The molecule has 23 heavy (non-hydrogen) atoms. The van der Waals surface area contributed by atoms with E-state index in [2.05, 4.69) is 22.5 Å². The summed E-state index contributed by atoms with van der Waals surface area (Å²) in [6.07, 6.45) is 4.34. The molecule has 1 aliphatic rings. The first-order valence-electron chi connectivity index (χ1n) is 8.02. The second-order valence-corrected chi connectivity index (χ2v) is 5.78. The molecule has 0 bridgehead atoms. The van der Waals surface area contributed by atoms with Crippen LogP contribution in [0.5, 0.6) is 0 Å². The van der Waals surface area contributed by atoms with Crippen molar-refractivity contribution in [3.05, 3.63) is 48.2 Å². The van der Waals surface area contributed by atoms with Gasteiger partial charge < -0.3 is 10.0 Å². The third-order valence-corrected chi connectivity index (χ3v) is 4.26. The number of hydrogen-bond acceptors (Lipinski definition) is 3. The average Bonchev–Trinajstić information content (AvgIpc) is 3.22. The van der Waals surface area contributed by atoms with Crippen LogP contribution in [0.25, 0.3) is 0 Å². The number of carbonyl (C=O) groups is 1. The standard InChI is InChI=1S/C17H22N4O2/c22-13-15-7-4-11-20(15)17(23)19-16-8-10-18-21(16)12-9-14-5-2-1-3-6-14/h1-3,5-6,8,10,15,22H,4,7,9,11-13H2,(H,19,23). The minimum Gasteiger partial charge on any atom is -0.394 e. The fourth-order valence-electron chi connectivity index (χ4n) is 2.97. The van der Waals surface area contributed by atoms with Crippen molar-refractivity contribution < 1.29 is 9.90 Å². The van der Waals surface area contributed by atoms with Gasteiger partial charge in [0.2, 0.25) is 0 Å². The Morgan fingerprint density at radius 3 is 2.91 bits per heavy atom. The molecule has 1 atom stereocenters. The van der Waals surface area contributed by atoms with E-state index >= 15 is 0 Å².